The molecule has 0 aliphatic rings. The minimum Gasteiger partial charge on any atom is -0.411 e. The molecular weight excluding hydrogens is 216 g/mol. The van der Waals surface area contributed by atoms with Gasteiger partial charge in [0, 0.05) is 18.1 Å². The topological polar surface area (TPSA) is 61.3 Å². The summed E-state index contributed by atoms with van der Waals surface area (Å²) in [6, 6.07) is 9.40. The van der Waals surface area contributed by atoms with Gasteiger partial charge in [-0.05, 0) is 18.1 Å². The van der Waals surface area contributed by atoms with Gasteiger partial charge in [-0.2, -0.15) is 5.90 Å². The van der Waals surface area contributed by atoms with Crippen LogP contribution in [0.3, 0.4) is 0 Å². The van der Waals surface area contributed by atoms with E-state index in [9.17, 15) is 0 Å². The van der Waals surface area contributed by atoms with Crippen molar-refractivity contribution in [3.8, 4) is 17.0 Å². The molecule has 0 aliphatic carbocycles. The molecule has 4 heteroatoms. The maximum atomic E-state index is 5.28. The largest absolute Gasteiger partial charge is 0.411 e. The second-order valence-corrected chi connectivity index (χ2v) is 4.39. The first-order valence-corrected chi connectivity index (χ1v) is 5.62. The van der Waals surface area contributed by atoms with E-state index in [1.165, 1.54) is 0 Å². The zero-order valence-corrected chi connectivity index (χ0v) is 10.0. The number of hydrogen-bond acceptors (Lipinski definition) is 4. The molecule has 0 fully saturated rings. The van der Waals surface area contributed by atoms with Gasteiger partial charge in [-0.25, -0.2) is 0 Å². The van der Waals surface area contributed by atoms with Gasteiger partial charge in [0.1, 0.15) is 11.5 Å². The Morgan fingerprint density at radius 1 is 1.35 bits per heavy atom. The number of hydrogen-bond donors (Lipinski definition) is 1. The minimum atomic E-state index is 0.539. The van der Waals surface area contributed by atoms with Crippen molar-refractivity contribution >= 4 is 0 Å². The molecule has 0 atom stereocenters. The normalized spacial score (nSPS) is 10.8. The maximum absolute atomic E-state index is 5.28. The highest BCUT2D eigenvalue weighted by molar-refractivity contribution is 5.66. The molecule has 2 aromatic rings. The smallest absolute Gasteiger partial charge is 0.156 e. The molecule has 0 saturated carbocycles. The first-order valence-electron chi connectivity index (χ1n) is 5.62. The molecule has 2 rings (SSSR count). The Morgan fingerprint density at radius 2 is 2.12 bits per heavy atom. The molecule has 4 nitrogen and oxygen atoms in total. The lowest BCUT2D eigenvalue weighted by atomic mass is 10.1. The number of rotatable bonds is 4. The quantitative estimate of drug-likeness (QED) is 0.823. The van der Waals surface area contributed by atoms with E-state index in [1.54, 1.807) is 6.07 Å². The second kappa shape index (κ2) is 5.01. The van der Waals surface area contributed by atoms with Crippen molar-refractivity contribution in [2.24, 2.45) is 11.8 Å². The zero-order valence-electron chi connectivity index (χ0n) is 10.0. The third-order valence-electron chi connectivity index (χ3n) is 2.46. The summed E-state index contributed by atoms with van der Waals surface area (Å²) in [5.74, 6) is 7.23. The van der Waals surface area contributed by atoms with Gasteiger partial charge >= 0.3 is 0 Å². The van der Waals surface area contributed by atoms with Gasteiger partial charge in [-0.3, -0.25) is 0 Å². The molecular formula is C13H16N2O2. The van der Waals surface area contributed by atoms with Crippen LogP contribution in [-0.4, -0.2) is 5.16 Å². The molecule has 0 bridgehead atoms. The fourth-order valence-corrected chi connectivity index (χ4v) is 1.72. The maximum Gasteiger partial charge on any atom is 0.156 e. The summed E-state index contributed by atoms with van der Waals surface area (Å²) in [6.45, 7) is 4.28. The predicted octanol–water partition coefficient (Wildman–Crippen LogP) is 2.79. The van der Waals surface area contributed by atoms with Crippen LogP contribution in [0.4, 0.5) is 0 Å². The van der Waals surface area contributed by atoms with Crippen LogP contribution in [0, 0.1) is 5.92 Å². The summed E-state index contributed by atoms with van der Waals surface area (Å²) in [5, 5.41) is 4.04. The van der Waals surface area contributed by atoms with Crippen molar-refractivity contribution in [3.05, 3.63) is 36.1 Å². The molecule has 17 heavy (non-hydrogen) atoms. The fourth-order valence-electron chi connectivity index (χ4n) is 1.72. The minimum absolute atomic E-state index is 0.539. The Hall–Kier alpha value is -1.81. The predicted molar refractivity (Wildman–Crippen MR) is 65.3 cm³/mol. The van der Waals surface area contributed by atoms with Crippen LogP contribution < -0.4 is 10.7 Å². The van der Waals surface area contributed by atoms with Gasteiger partial charge < -0.3 is 9.36 Å². The molecule has 0 radical (unpaired) electrons. The van der Waals surface area contributed by atoms with Crippen LogP contribution in [0.25, 0.3) is 11.3 Å². The van der Waals surface area contributed by atoms with Crippen LogP contribution in [0.2, 0.25) is 0 Å². The molecule has 0 unspecified atom stereocenters. The number of para-hydroxylation sites is 1. The van der Waals surface area contributed by atoms with Crippen LogP contribution in [0.1, 0.15) is 19.6 Å². The standard InChI is InChI=1S/C13H16N2O2/c1-9(2)7-10-8-12(15-17-10)11-5-3-4-6-13(11)16-14/h3-6,8-9H,7,14H2,1-2H3. The first kappa shape index (κ1) is 11.7. The average Bonchev–Trinajstić information content (AvgIpc) is 2.76. The molecule has 1 aromatic carbocycles. The van der Waals surface area contributed by atoms with E-state index in [0.717, 1.165) is 23.4 Å². The van der Waals surface area contributed by atoms with Gasteiger partial charge in [-0.1, -0.05) is 31.1 Å². The number of nitrogens with two attached hydrogens (primary N) is 1. The molecule has 0 saturated heterocycles. The Balaban J connectivity index is 2.30. The van der Waals surface area contributed by atoms with Gasteiger partial charge in [0.2, 0.25) is 0 Å². The monoisotopic (exact) mass is 232 g/mol. The van der Waals surface area contributed by atoms with Crippen LogP contribution in [0.15, 0.2) is 34.9 Å². The van der Waals surface area contributed by atoms with Gasteiger partial charge in [0.25, 0.3) is 0 Å². The summed E-state index contributed by atoms with van der Waals surface area (Å²) < 4.78 is 5.28. The van der Waals surface area contributed by atoms with E-state index in [-0.39, 0.29) is 0 Å². The summed E-state index contributed by atoms with van der Waals surface area (Å²) in [6.07, 6.45) is 0.874. The zero-order chi connectivity index (χ0) is 12.3. The highest BCUT2D eigenvalue weighted by Crippen LogP contribution is 2.28. The van der Waals surface area contributed by atoms with Crippen LogP contribution in [0.5, 0.6) is 5.75 Å². The van der Waals surface area contributed by atoms with Gasteiger partial charge in [0.05, 0.1) is 0 Å². The molecule has 0 aliphatic heterocycles. The first-order chi connectivity index (χ1) is 8.20. The molecule has 0 spiro atoms. The van der Waals surface area contributed by atoms with Gasteiger partial charge in [0.15, 0.2) is 5.75 Å². The Labute approximate surface area is 100 Å². The van der Waals surface area contributed by atoms with E-state index in [2.05, 4.69) is 19.0 Å². The third kappa shape index (κ3) is 2.65. The van der Waals surface area contributed by atoms with E-state index in [0.29, 0.717) is 11.7 Å². The van der Waals surface area contributed by atoms with E-state index < -0.39 is 0 Å². The number of benzene rings is 1. The second-order valence-electron chi connectivity index (χ2n) is 4.39. The van der Waals surface area contributed by atoms with Crippen molar-refractivity contribution in [2.45, 2.75) is 20.3 Å². The molecule has 2 N–H and O–H groups in total. The van der Waals surface area contributed by atoms with Gasteiger partial charge in [-0.15, -0.1) is 0 Å². The molecule has 0 amide bonds. The molecule has 1 heterocycles. The highest BCUT2D eigenvalue weighted by atomic mass is 16.6. The summed E-state index contributed by atoms with van der Waals surface area (Å²) >= 11 is 0. The number of nitrogens with zero attached hydrogens (tertiary/aromatic N) is 1. The van der Waals surface area contributed by atoms with Crippen molar-refractivity contribution in [2.75, 3.05) is 0 Å². The number of aromatic nitrogens is 1. The Kier molecular flexibility index (Phi) is 3.44. The van der Waals surface area contributed by atoms with E-state index in [4.69, 9.17) is 15.3 Å². The summed E-state index contributed by atoms with van der Waals surface area (Å²) in [5.41, 5.74) is 1.59. The van der Waals surface area contributed by atoms with Crippen LogP contribution in [-0.2, 0) is 6.42 Å². The highest BCUT2D eigenvalue weighted by Gasteiger charge is 2.11. The average molecular weight is 232 g/mol. The summed E-state index contributed by atoms with van der Waals surface area (Å²) in [4.78, 5) is 4.81. The SMILES string of the molecule is CC(C)Cc1cc(-c2ccccc2ON)no1. The van der Waals surface area contributed by atoms with Crippen molar-refractivity contribution in [1.29, 1.82) is 0 Å². The lowest BCUT2D eigenvalue weighted by Crippen LogP contribution is -2.02. The van der Waals surface area contributed by atoms with E-state index in [1.807, 2.05) is 24.3 Å². The lowest BCUT2D eigenvalue weighted by molar-refractivity contribution is 0.335. The lowest BCUT2D eigenvalue weighted by Gasteiger charge is -2.02. The van der Waals surface area contributed by atoms with Crippen molar-refractivity contribution in [1.82, 2.24) is 5.16 Å². The van der Waals surface area contributed by atoms with Crippen molar-refractivity contribution < 1.29 is 9.36 Å². The Morgan fingerprint density at radius 3 is 2.82 bits per heavy atom. The molecule has 1 aromatic heterocycles. The van der Waals surface area contributed by atoms with Crippen molar-refractivity contribution in [3.63, 3.8) is 0 Å². The third-order valence-corrected chi connectivity index (χ3v) is 2.46. The summed E-state index contributed by atoms with van der Waals surface area (Å²) in [7, 11) is 0. The fraction of sp³-hybridized carbons (Fsp3) is 0.308. The Bertz CT molecular complexity index is 492. The van der Waals surface area contributed by atoms with E-state index >= 15 is 0 Å². The van der Waals surface area contributed by atoms with Crippen LogP contribution >= 0.6 is 0 Å². The molecule has 90 valence electrons.